The van der Waals surface area contributed by atoms with Gasteiger partial charge in [0, 0.05) is 24.3 Å². The molecule has 5 nitrogen and oxygen atoms in total. The molecule has 2 fully saturated rings. The van der Waals surface area contributed by atoms with Crippen LogP contribution in [0.25, 0.3) is 0 Å². The predicted octanol–water partition coefficient (Wildman–Crippen LogP) is 4.45. The first-order valence-corrected chi connectivity index (χ1v) is 11.9. The van der Waals surface area contributed by atoms with Crippen LogP contribution in [0.15, 0.2) is 53.4 Å². The number of aryl methyl sites for hydroxylation is 1. The Kier molecular flexibility index (Phi) is 5.63. The first-order valence-electron chi connectivity index (χ1n) is 10.4. The van der Waals surface area contributed by atoms with Crippen LogP contribution in [-0.2, 0) is 10.0 Å². The van der Waals surface area contributed by atoms with Gasteiger partial charge in [0.2, 0.25) is 0 Å². The third-order valence-corrected chi connectivity index (χ3v) is 7.67. The zero-order valence-electron chi connectivity index (χ0n) is 16.8. The van der Waals surface area contributed by atoms with Gasteiger partial charge in [-0.2, -0.15) is 0 Å². The zero-order valence-corrected chi connectivity index (χ0v) is 17.6. The molecule has 0 radical (unpaired) electrons. The molecule has 1 aliphatic carbocycles. The van der Waals surface area contributed by atoms with Gasteiger partial charge in [-0.3, -0.25) is 9.52 Å². The summed E-state index contributed by atoms with van der Waals surface area (Å²) in [6, 6.07) is 13.5. The number of benzene rings is 2. The van der Waals surface area contributed by atoms with E-state index in [1.165, 1.54) is 25.7 Å². The minimum Gasteiger partial charge on any atom is -0.338 e. The van der Waals surface area contributed by atoms with Crippen LogP contribution in [0.4, 0.5) is 5.69 Å². The highest BCUT2D eigenvalue weighted by Gasteiger charge is 2.33. The van der Waals surface area contributed by atoms with Crippen molar-refractivity contribution in [1.29, 1.82) is 0 Å². The maximum atomic E-state index is 13.0. The van der Waals surface area contributed by atoms with Crippen LogP contribution in [0.3, 0.4) is 0 Å². The largest absolute Gasteiger partial charge is 0.338 e. The number of hydrogen-bond donors (Lipinski definition) is 1. The number of amides is 1. The quantitative estimate of drug-likeness (QED) is 0.807. The molecule has 1 N–H and O–H groups in total. The molecule has 2 atom stereocenters. The lowest BCUT2D eigenvalue weighted by atomic mass is 9.75. The SMILES string of the molecule is Cc1ccc(S(=O)(=O)Nc2cccc(C(=O)N3CC[C@H]4CCCC[C@H]4C3)c2)cc1. The molecule has 29 heavy (non-hydrogen) atoms. The molecule has 2 aromatic carbocycles. The van der Waals surface area contributed by atoms with Crippen LogP contribution in [0.2, 0.25) is 0 Å². The van der Waals surface area contributed by atoms with Crippen molar-refractivity contribution in [2.75, 3.05) is 17.8 Å². The molecule has 6 heteroatoms. The van der Waals surface area contributed by atoms with E-state index in [2.05, 4.69) is 4.72 Å². The Balaban J connectivity index is 1.48. The third kappa shape index (κ3) is 4.47. The van der Waals surface area contributed by atoms with Crippen LogP contribution in [-0.4, -0.2) is 32.3 Å². The second-order valence-corrected chi connectivity index (χ2v) is 10.0. The number of piperidine rings is 1. The molecule has 2 aromatic rings. The Hall–Kier alpha value is -2.34. The van der Waals surface area contributed by atoms with E-state index in [1.807, 2.05) is 11.8 Å². The summed E-state index contributed by atoms with van der Waals surface area (Å²) in [7, 11) is -3.69. The maximum Gasteiger partial charge on any atom is 0.261 e. The molecule has 0 bridgehead atoms. The minimum atomic E-state index is -3.69. The number of fused-ring (bicyclic) bond motifs is 1. The van der Waals surface area contributed by atoms with Gasteiger partial charge in [0.05, 0.1) is 4.90 Å². The molecule has 154 valence electrons. The van der Waals surface area contributed by atoms with Gasteiger partial charge >= 0.3 is 0 Å². The fourth-order valence-electron chi connectivity index (χ4n) is 4.62. The van der Waals surface area contributed by atoms with E-state index in [4.69, 9.17) is 0 Å². The van der Waals surface area contributed by atoms with Gasteiger partial charge in [-0.05, 0) is 61.9 Å². The lowest BCUT2D eigenvalue weighted by Gasteiger charge is -2.41. The Bertz CT molecular complexity index is 985. The number of anilines is 1. The zero-order chi connectivity index (χ0) is 20.4. The van der Waals surface area contributed by atoms with E-state index in [1.54, 1.807) is 48.5 Å². The molecule has 0 unspecified atom stereocenters. The van der Waals surface area contributed by atoms with E-state index in [0.717, 1.165) is 31.0 Å². The standard InChI is InChI=1S/C23H28N2O3S/c1-17-9-11-22(12-10-17)29(27,28)24-21-8-4-7-19(15-21)23(26)25-14-13-18-5-2-3-6-20(18)16-25/h4,7-12,15,18,20,24H,2-3,5-6,13-14,16H2,1H3/t18-,20+/m1/s1. The first kappa shape index (κ1) is 20.0. The number of carbonyl (C=O) groups is 1. The second kappa shape index (κ2) is 8.19. The first-order chi connectivity index (χ1) is 13.9. The average Bonchev–Trinajstić information content (AvgIpc) is 2.73. The second-order valence-electron chi connectivity index (χ2n) is 8.34. The molecule has 4 rings (SSSR count). The van der Waals surface area contributed by atoms with Gasteiger partial charge in [-0.25, -0.2) is 8.42 Å². The monoisotopic (exact) mass is 412 g/mol. The van der Waals surface area contributed by atoms with Crippen molar-refractivity contribution in [3.8, 4) is 0 Å². The van der Waals surface area contributed by atoms with Gasteiger partial charge in [-0.1, -0.05) is 43.0 Å². The summed E-state index contributed by atoms with van der Waals surface area (Å²) in [5.74, 6) is 1.37. The normalized spacial score (nSPS) is 22.0. The molecule has 1 aliphatic heterocycles. The van der Waals surface area contributed by atoms with Gasteiger partial charge in [0.25, 0.3) is 15.9 Å². The van der Waals surface area contributed by atoms with Crippen LogP contribution >= 0.6 is 0 Å². The Morgan fingerprint density at radius 2 is 1.72 bits per heavy atom. The topological polar surface area (TPSA) is 66.5 Å². The van der Waals surface area contributed by atoms with E-state index in [0.29, 0.717) is 17.2 Å². The minimum absolute atomic E-state index is 0.00888. The van der Waals surface area contributed by atoms with Crippen LogP contribution in [0, 0.1) is 18.8 Å². The van der Waals surface area contributed by atoms with Gasteiger partial charge in [0.15, 0.2) is 0 Å². The van der Waals surface area contributed by atoms with E-state index in [-0.39, 0.29) is 10.8 Å². The predicted molar refractivity (Wildman–Crippen MR) is 114 cm³/mol. The fraction of sp³-hybridized carbons (Fsp3) is 0.435. The Morgan fingerprint density at radius 3 is 2.48 bits per heavy atom. The van der Waals surface area contributed by atoms with E-state index >= 15 is 0 Å². The molecule has 1 heterocycles. The van der Waals surface area contributed by atoms with Crippen LogP contribution < -0.4 is 4.72 Å². The number of carbonyl (C=O) groups excluding carboxylic acids is 1. The Labute approximate surface area is 173 Å². The van der Waals surface area contributed by atoms with Crippen LogP contribution in [0.1, 0.15) is 48.0 Å². The summed E-state index contributed by atoms with van der Waals surface area (Å²) in [5.41, 5.74) is 1.94. The number of sulfonamides is 1. The highest BCUT2D eigenvalue weighted by molar-refractivity contribution is 7.92. The average molecular weight is 413 g/mol. The molecule has 1 saturated carbocycles. The molecule has 0 aromatic heterocycles. The molecular weight excluding hydrogens is 384 g/mol. The Morgan fingerprint density at radius 1 is 1.00 bits per heavy atom. The van der Waals surface area contributed by atoms with Gasteiger partial charge in [-0.15, -0.1) is 0 Å². The number of nitrogens with one attached hydrogen (secondary N) is 1. The third-order valence-electron chi connectivity index (χ3n) is 6.27. The smallest absolute Gasteiger partial charge is 0.261 e. The van der Waals surface area contributed by atoms with Crippen molar-refractivity contribution >= 4 is 21.6 Å². The van der Waals surface area contributed by atoms with Gasteiger partial charge < -0.3 is 4.90 Å². The lowest BCUT2D eigenvalue weighted by molar-refractivity contribution is 0.0521. The van der Waals surface area contributed by atoms with E-state index < -0.39 is 10.0 Å². The summed E-state index contributed by atoms with van der Waals surface area (Å²) in [4.78, 5) is 15.2. The highest BCUT2D eigenvalue weighted by Crippen LogP contribution is 2.36. The molecule has 2 aliphatic rings. The van der Waals surface area contributed by atoms with Crippen molar-refractivity contribution < 1.29 is 13.2 Å². The van der Waals surface area contributed by atoms with Crippen molar-refractivity contribution in [2.45, 2.75) is 43.9 Å². The fourth-order valence-corrected chi connectivity index (χ4v) is 5.66. The summed E-state index contributed by atoms with van der Waals surface area (Å²) in [6.07, 6.45) is 6.17. The van der Waals surface area contributed by atoms with Crippen molar-refractivity contribution in [3.05, 3.63) is 59.7 Å². The molecule has 0 spiro atoms. The summed E-state index contributed by atoms with van der Waals surface area (Å²) in [5, 5.41) is 0. The van der Waals surface area contributed by atoms with Crippen LogP contribution in [0.5, 0.6) is 0 Å². The number of hydrogen-bond acceptors (Lipinski definition) is 3. The molecule has 1 saturated heterocycles. The number of likely N-dealkylation sites (tertiary alicyclic amines) is 1. The lowest BCUT2D eigenvalue weighted by Crippen LogP contribution is -2.44. The summed E-state index contributed by atoms with van der Waals surface area (Å²) >= 11 is 0. The van der Waals surface area contributed by atoms with Crippen molar-refractivity contribution in [2.24, 2.45) is 11.8 Å². The maximum absolute atomic E-state index is 13.0. The number of rotatable bonds is 4. The molecule has 1 amide bonds. The van der Waals surface area contributed by atoms with E-state index in [9.17, 15) is 13.2 Å². The van der Waals surface area contributed by atoms with Gasteiger partial charge in [0.1, 0.15) is 0 Å². The summed E-state index contributed by atoms with van der Waals surface area (Å²) < 4.78 is 27.9. The van der Waals surface area contributed by atoms with Crippen molar-refractivity contribution in [1.82, 2.24) is 4.90 Å². The highest BCUT2D eigenvalue weighted by atomic mass is 32.2. The molecular formula is C23H28N2O3S. The summed E-state index contributed by atoms with van der Waals surface area (Å²) in [6.45, 7) is 3.52. The number of nitrogens with zero attached hydrogens (tertiary/aromatic N) is 1. The van der Waals surface area contributed by atoms with Crippen molar-refractivity contribution in [3.63, 3.8) is 0 Å².